The van der Waals surface area contributed by atoms with Crippen LogP contribution in [0.25, 0.3) is 0 Å². The van der Waals surface area contributed by atoms with Gasteiger partial charge in [0.15, 0.2) is 5.78 Å². The lowest BCUT2D eigenvalue weighted by atomic mass is 9.50. The molecule has 33 heavy (non-hydrogen) atoms. The van der Waals surface area contributed by atoms with E-state index in [-0.39, 0.29) is 22.9 Å². The second-order valence-electron chi connectivity index (χ2n) is 12.5. The van der Waals surface area contributed by atoms with Crippen molar-refractivity contribution in [1.82, 2.24) is 0 Å². The molecule has 4 aliphatic rings. The average molecular weight is 474 g/mol. The van der Waals surface area contributed by atoms with Crippen LogP contribution in [0.4, 0.5) is 0 Å². The van der Waals surface area contributed by atoms with E-state index in [9.17, 15) is 9.59 Å². The SMILES string of the molecule is CC(=O)O[C@H]1CC[C@H]2[C@@H]3CCC4=C(C(C)(C)C(C)C)C(=O)CC[C@@H]4[C@H]3CC[C@]12CO[Si](C)C. The number of hydrogen-bond acceptors (Lipinski definition) is 4. The summed E-state index contributed by atoms with van der Waals surface area (Å²) in [5.41, 5.74) is 2.62. The summed E-state index contributed by atoms with van der Waals surface area (Å²) >= 11 is 0. The summed E-state index contributed by atoms with van der Waals surface area (Å²) in [5.74, 6) is 3.18. The summed E-state index contributed by atoms with van der Waals surface area (Å²) in [6, 6.07) is 0. The number of ketones is 1. The molecule has 185 valence electrons. The zero-order valence-electron chi connectivity index (χ0n) is 22.0. The lowest BCUT2D eigenvalue weighted by Gasteiger charge is -2.55. The summed E-state index contributed by atoms with van der Waals surface area (Å²) in [4.78, 5) is 25.1. The number of allylic oxidation sites excluding steroid dienone is 1. The summed E-state index contributed by atoms with van der Waals surface area (Å²) < 4.78 is 12.3. The molecular formula is C28H45O4Si. The Bertz CT molecular complexity index is 813. The minimum atomic E-state index is -0.798. The van der Waals surface area contributed by atoms with Gasteiger partial charge in [0, 0.05) is 30.9 Å². The van der Waals surface area contributed by atoms with E-state index in [4.69, 9.17) is 9.16 Å². The molecule has 0 aliphatic heterocycles. The van der Waals surface area contributed by atoms with Crippen LogP contribution in [0.5, 0.6) is 0 Å². The van der Waals surface area contributed by atoms with Gasteiger partial charge in [0.2, 0.25) is 9.04 Å². The van der Waals surface area contributed by atoms with E-state index in [1.807, 2.05) is 0 Å². The molecule has 0 spiro atoms. The van der Waals surface area contributed by atoms with Crippen molar-refractivity contribution in [2.75, 3.05) is 6.61 Å². The lowest BCUT2D eigenvalue weighted by Crippen LogP contribution is -2.52. The van der Waals surface area contributed by atoms with E-state index in [0.29, 0.717) is 35.4 Å². The summed E-state index contributed by atoms with van der Waals surface area (Å²) in [7, 11) is -0.798. The molecule has 0 unspecified atom stereocenters. The van der Waals surface area contributed by atoms with Gasteiger partial charge in [-0.15, -0.1) is 0 Å². The quantitative estimate of drug-likeness (QED) is 0.333. The fourth-order valence-electron chi connectivity index (χ4n) is 8.04. The van der Waals surface area contributed by atoms with Crippen LogP contribution in [-0.2, 0) is 18.8 Å². The van der Waals surface area contributed by atoms with Crippen molar-refractivity contribution in [1.29, 1.82) is 0 Å². The van der Waals surface area contributed by atoms with E-state index < -0.39 is 9.04 Å². The Morgan fingerprint density at radius 1 is 1.09 bits per heavy atom. The van der Waals surface area contributed by atoms with Crippen molar-refractivity contribution in [3.63, 3.8) is 0 Å². The number of esters is 1. The van der Waals surface area contributed by atoms with Crippen LogP contribution in [0.2, 0.25) is 13.1 Å². The molecule has 4 aliphatic carbocycles. The largest absolute Gasteiger partial charge is 0.462 e. The molecule has 5 heteroatoms. The molecule has 0 aromatic heterocycles. The number of ether oxygens (including phenoxy) is 1. The second-order valence-corrected chi connectivity index (χ2v) is 14.6. The highest BCUT2D eigenvalue weighted by molar-refractivity contribution is 6.48. The van der Waals surface area contributed by atoms with Gasteiger partial charge < -0.3 is 9.16 Å². The van der Waals surface area contributed by atoms with Gasteiger partial charge in [-0.05, 0) is 93.0 Å². The van der Waals surface area contributed by atoms with Gasteiger partial charge in [0.1, 0.15) is 6.10 Å². The molecule has 0 aromatic carbocycles. The summed E-state index contributed by atoms with van der Waals surface area (Å²) in [6.45, 7) is 15.8. The van der Waals surface area contributed by atoms with E-state index >= 15 is 0 Å². The monoisotopic (exact) mass is 473 g/mol. The zero-order chi connectivity index (χ0) is 24.1. The molecule has 0 heterocycles. The summed E-state index contributed by atoms with van der Waals surface area (Å²) in [5, 5.41) is 0. The Morgan fingerprint density at radius 2 is 1.82 bits per heavy atom. The first-order valence-corrected chi connectivity index (χ1v) is 15.8. The van der Waals surface area contributed by atoms with Gasteiger partial charge in [-0.2, -0.15) is 0 Å². The van der Waals surface area contributed by atoms with Gasteiger partial charge in [0.25, 0.3) is 0 Å². The first-order chi connectivity index (χ1) is 15.5. The molecule has 1 radical (unpaired) electrons. The molecule has 3 saturated carbocycles. The molecular weight excluding hydrogens is 428 g/mol. The number of rotatable bonds is 6. The summed E-state index contributed by atoms with van der Waals surface area (Å²) in [6.07, 6.45) is 8.40. The van der Waals surface area contributed by atoms with E-state index in [2.05, 4.69) is 40.8 Å². The number of fused-ring (bicyclic) bond motifs is 5. The van der Waals surface area contributed by atoms with Crippen molar-refractivity contribution < 1.29 is 18.8 Å². The molecule has 0 aromatic rings. The third-order valence-electron chi connectivity index (χ3n) is 10.1. The molecule has 3 fully saturated rings. The predicted molar refractivity (Wildman–Crippen MR) is 133 cm³/mol. The maximum absolute atomic E-state index is 13.2. The molecule has 4 nitrogen and oxygen atoms in total. The van der Waals surface area contributed by atoms with Crippen molar-refractivity contribution in [3.05, 3.63) is 11.1 Å². The normalized spacial score (nSPS) is 36.6. The van der Waals surface area contributed by atoms with Crippen LogP contribution in [0, 0.1) is 40.4 Å². The fraction of sp³-hybridized carbons (Fsp3) is 0.857. The minimum Gasteiger partial charge on any atom is -0.462 e. The minimum absolute atomic E-state index is 0.00241. The van der Waals surface area contributed by atoms with Crippen molar-refractivity contribution >= 4 is 20.8 Å². The fourth-order valence-corrected chi connectivity index (χ4v) is 8.60. The van der Waals surface area contributed by atoms with Gasteiger partial charge in [-0.25, -0.2) is 0 Å². The van der Waals surface area contributed by atoms with E-state index in [1.54, 1.807) is 6.92 Å². The molecule has 0 saturated heterocycles. The van der Waals surface area contributed by atoms with Gasteiger partial charge >= 0.3 is 5.97 Å². The number of carbonyl (C=O) groups excluding carboxylic acids is 2. The van der Waals surface area contributed by atoms with Crippen LogP contribution in [0.15, 0.2) is 11.1 Å². The van der Waals surface area contributed by atoms with Crippen molar-refractivity contribution in [2.45, 2.75) is 105 Å². The highest BCUT2D eigenvalue weighted by Crippen LogP contribution is 2.63. The van der Waals surface area contributed by atoms with Gasteiger partial charge in [0.05, 0.1) is 0 Å². The lowest BCUT2D eigenvalue weighted by molar-refractivity contribution is -0.160. The topological polar surface area (TPSA) is 52.6 Å². The zero-order valence-corrected chi connectivity index (χ0v) is 23.0. The second kappa shape index (κ2) is 9.26. The van der Waals surface area contributed by atoms with Crippen LogP contribution < -0.4 is 0 Å². The highest BCUT2D eigenvalue weighted by atomic mass is 28.3. The van der Waals surface area contributed by atoms with Crippen LogP contribution in [0.3, 0.4) is 0 Å². The Morgan fingerprint density at radius 3 is 2.45 bits per heavy atom. The standard InChI is InChI=1S/C28H45O4Si/c1-17(2)27(4,5)26-22-9-8-21-20(19(22)10-12-24(26)30)14-15-28(16-31-33(6)7)23(21)11-13-25(28)32-18(3)29/h17,19-21,23,25H,8-16H2,1-7H3/t19-,20-,21-,23+,25+,28-/m1/s1. The molecule has 0 bridgehead atoms. The predicted octanol–water partition coefficient (Wildman–Crippen LogP) is 6.36. The maximum atomic E-state index is 13.2. The van der Waals surface area contributed by atoms with Crippen LogP contribution in [0.1, 0.15) is 86.0 Å². The Balaban J connectivity index is 1.66. The van der Waals surface area contributed by atoms with E-state index in [1.165, 1.54) is 24.0 Å². The molecule has 4 rings (SSSR count). The van der Waals surface area contributed by atoms with Crippen molar-refractivity contribution in [2.24, 2.45) is 40.4 Å². The van der Waals surface area contributed by atoms with Gasteiger partial charge in [-0.1, -0.05) is 33.3 Å². The maximum Gasteiger partial charge on any atom is 0.302 e. The number of carbonyl (C=O) groups is 2. The number of Topliss-reactive ketones (excluding diaryl/α,β-unsaturated/α-hetero) is 1. The Labute approximate surface area is 203 Å². The smallest absolute Gasteiger partial charge is 0.302 e. The first kappa shape index (κ1) is 25.2. The van der Waals surface area contributed by atoms with Crippen molar-refractivity contribution in [3.8, 4) is 0 Å². The third kappa shape index (κ3) is 4.30. The highest BCUT2D eigenvalue weighted by Gasteiger charge is 2.60. The third-order valence-corrected chi connectivity index (χ3v) is 10.9. The Hall–Kier alpha value is -0.943. The van der Waals surface area contributed by atoms with Crippen LogP contribution in [-0.4, -0.2) is 33.5 Å². The average Bonchev–Trinajstić information content (AvgIpc) is 3.09. The molecule has 0 amide bonds. The molecule has 0 N–H and O–H groups in total. The van der Waals surface area contributed by atoms with E-state index in [0.717, 1.165) is 45.1 Å². The van der Waals surface area contributed by atoms with Gasteiger partial charge in [-0.3, -0.25) is 9.59 Å². The number of hydrogen-bond donors (Lipinski definition) is 0. The first-order valence-electron chi connectivity index (χ1n) is 13.4. The Kier molecular flexibility index (Phi) is 7.06. The van der Waals surface area contributed by atoms with Crippen LogP contribution >= 0.6 is 0 Å². The molecule has 6 atom stereocenters.